The third kappa shape index (κ3) is 3.76. The van der Waals surface area contributed by atoms with Crippen LogP contribution in [0.3, 0.4) is 0 Å². The van der Waals surface area contributed by atoms with E-state index in [1.807, 2.05) is 12.1 Å². The van der Waals surface area contributed by atoms with Gasteiger partial charge in [-0.05, 0) is 58.7 Å². The van der Waals surface area contributed by atoms with Gasteiger partial charge in [0.1, 0.15) is 5.75 Å². The Kier molecular flexibility index (Phi) is 5.90. The van der Waals surface area contributed by atoms with Crippen molar-refractivity contribution in [1.29, 1.82) is 0 Å². The van der Waals surface area contributed by atoms with Crippen molar-refractivity contribution in [3.8, 4) is 5.75 Å². The minimum atomic E-state index is 0.162. The van der Waals surface area contributed by atoms with E-state index in [4.69, 9.17) is 16.3 Å². The number of benzene rings is 1. The molecule has 1 N–H and O–H groups in total. The molecule has 20 heavy (non-hydrogen) atoms. The topological polar surface area (TPSA) is 21.3 Å². The Bertz CT molecular complexity index is 573. The molecule has 5 heteroatoms. The first-order valence-electron chi connectivity index (χ1n) is 6.47. The lowest BCUT2D eigenvalue weighted by Gasteiger charge is -2.18. The summed E-state index contributed by atoms with van der Waals surface area (Å²) in [5, 5.41) is 4.21. The van der Waals surface area contributed by atoms with Gasteiger partial charge in [0.25, 0.3) is 0 Å². The number of thiophene rings is 1. The Labute approximate surface area is 137 Å². The predicted octanol–water partition coefficient (Wildman–Crippen LogP) is 5.26. The molecule has 1 aromatic heterocycles. The molecule has 0 amide bonds. The lowest BCUT2D eigenvalue weighted by molar-refractivity contribution is 0.414. The van der Waals surface area contributed by atoms with Crippen LogP contribution >= 0.6 is 38.9 Å². The number of halogens is 2. The standard InChI is InChI=1S/C15H17BrClNOS/c1-3-8-18-15(13-6-7-14(16)20-13)10-4-5-12(19-2)11(17)9-10/h4-7,9,15,18H,3,8H2,1-2H3. The Hall–Kier alpha value is -0.550. The van der Waals surface area contributed by atoms with Gasteiger partial charge in [-0.25, -0.2) is 0 Å². The van der Waals surface area contributed by atoms with Crippen molar-refractivity contribution in [1.82, 2.24) is 5.32 Å². The molecule has 1 atom stereocenters. The normalized spacial score (nSPS) is 12.4. The molecule has 0 saturated carbocycles. The number of methoxy groups -OCH3 is 1. The van der Waals surface area contributed by atoms with Gasteiger partial charge in [-0.15, -0.1) is 11.3 Å². The van der Waals surface area contributed by atoms with Crippen molar-refractivity contribution < 1.29 is 4.74 Å². The third-order valence-electron chi connectivity index (χ3n) is 2.99. The van der Waals surface area contributed by atoms with E-state index in [9.17, 15) is 0 Å². The highest BCUT2D eigenvalue weighted by atomic mass is 79.9. The van der Waals surface area contributed by atoms with Crippen LogP contribution in [-0.4, -0.2) is 13.7 Å². The van der Waals surface area contributed by atoms with E-state index >= 15 is 0 Å². The maximum absolute atomic E-state index is 6.24. The van der Waals surface area contributed by atoms with Gasteiger partial charge >= 0.3 is 0 Å². The molecule has 0 fully saturated rings. The van der Waals surface area contributed by atoms with Crippen LogP contribution in [0.2, 0.25) is 5.02 Å². The second kappa shape index (κ2) is 7.46. The molecule has 0 saturated heterocycles. The van der Waals surface area contributed by atoms with Crippen LogP contribution in [0, 0.1) is 0 Å². The fourth-order valence-electron chi connectivity index (χ4n) is 2.02. The molecule has 0 spiro atoms. The Balaban J connectivity index is 2.33. The van der Waals surface area contributed by atoms with Gasteiger partial charge < -0.3 is 10.1 Å². The molecule has 0 radical (unpaired) electrons. The van der Waals surface area contributed by atoms with Crippen molar-refractivity contribution in [2.45, 2.75) is 19.4 Å². The maximum atomic E-state index is 6.24. The highest BCUT2D eigenvalue weighted by molar-refractivity contribution is 9.11. The molecule has 0 aliphatic carbocycles. The SMILES string of the molecule is CCCNC(c1ccc(OC)c(Cl)c1)c1ccc(Br)s1. The molecule has 1 heterocycles. The number of ether oxygens (including phenoxy) is 1. The first-order chi connectivity index (χ1) is 9.65. The molecule has 2 aromatic rings. The van der Waals surface area contributed by atoms with Crippen molar-refractivity contribution in [3.63, 3.8) is 0 Å². The Morgan fingerprint density at radius 2 is 2.15 bits per heavy atom. The summed E-state index contributed by atoms with van der Waals surface area (Å²) >= 11 is 11.5. The summed E-state index contributed by atoms with van der Waals surface area (Å²) in [7, 11) is 1.63. The van der Waals surface area contributed by atoms with Crippen LogP contribution in [-0.2, 0) is 0 Å². The summed E-state index contributed by atoms with van der Waals surface area (Å²) in [6.45, 7) is 3.12. The van der Waals surface area contributed by atoms with Gasteiger partial charge in [-0.3, -0.25) is 0 Å². The van der Waals surface area contributed by atoms with E-state index in [1.54, 1.807) is 18.4 Å². The number of rotatable bonds is 6. The molecule has 1 aromatic carbocycles. The molecule has 1 unspecified atom stereocenters. The van der Waals surface area contributed by atoms with Gasteiger partial charge in [0.05, 0.1) is 22.0 Å². The van der Waals surface area contributed by atoms with Crippen LogP contribution in [0.1, 0.15) is 29.8 Å². The van der Waals surface area contributed by atoms with Gasteiger partial charge in [0.15, 0.2) is 0 Å². The van der Waals surface area contributed by atoms with E-state index in [-0.39, 0.29) is 6.04 Å². The molecule has 0 aliphatic heterocycles. The number of hydrogen-bond donors (Lipinski definition) is 1. The van der Waals surface area contributed by atoms with E-state index in [1.165, 1.54) is 4.88 Å². The fourth-order valence-corrected chi connectivity index (χ4v) is 3.81. The summed E-state index contributed by atoms with van der Waals surface area (Å²) in [6, 6.07) is 10.3. The molecule has 108 valence electrons. The first-order valence-corrected chi connectivity index (χ1v) is 8.46. The monoisotopic (exact) mass is 373 g/mol. The van der Waals surface area contributed by atoms with Crippen LogP contribution in [0.5, 0.6) is 5.75 Å². The molecule has 2 rings (SSSR count). The largest absolute Gasteiger partial charge is 0.495 e. The minimum absolute atomic E-state index is 0.162. The quantitative estimate of drug-likeness (QED) is 0.744. The van der Waals surface area contributed by atoms with Crippen LogP contribution in [0.4, 0.5) is 0 Å². The smallest absolute Gasteiger partial charge is 0.137 e. The second-order valence-corrected chi connectivity index (χ2v) is 7.32. The highest BCUT2D eigenvalue weighted by Gasteiger charge is 2.16. The Morgan fingerprint density at radius 1 is 1.35 bits per heavy atom. The van der Waals surface area contributed by atoms with Crippen LogP contribution < -0.4 is 10.1 Å². The molecular weight excluding hydrogens is 358 g/mol. The van der Waals surface area contributed by atoms with Crippen molar-refractivity contribution >= 4 is 38.9 Å². The zero-order chi connectivity index (χ0) is 14.5. The van der Waals surface area contributed by atoms with Crippen molar-refractivity contribution in [3.05, 3.63) is 49.6 Å². The molecule has 0 aliphatic rings. The third-order valence-corrected chi connectivity index (χ3v) is 4.97. The van der Waals surface area contributed by atoms with Crippen molar-refractivity contribution in [2.24, 2.45) is 0 Å². The second-order valence-electron chi connectivity index (χ2n) is 4.42. The fraction of sp³-hybridized carbons (Fsp3) is 0.333. The summed E-state index contributed by atoms with van der Waals surface area (Å²) in [5.41, 5.74) is 1.15. The van der Waals surface area contributed by atoms with Crippen LogP contribution in [0.15, 0.2) is 34.1 Å². The average molecular weight is 375 g/mol. The van der Waals surface area contributed by atoms with Gasteiger partial charge in [-0.1, -0.05) is 24.6 Å². The minimum Gasteiger partial charge on any atom is -0.495 e. The molecule has 0 bridgehead atoms. The van der Waals surface area contributed by atoms with Crippen molar-refractivity contribution in [2.75, 3.05) is 13.7 Å². The van der Waals surface area contributed by atoms with E-state index in [2.05, 4.69) is 46.4 Å². The van der Waals surface area contributed by atoms with E-state index in [0.717, 1.165) is 22.3 Å². The number of hydrogen-bond acceptors (Lipinski definition) is 3. The zero-order valence-electron chi connectivity index (χ0n) is 11.5. The lowest BCUT2D eigenvalue weighted by atomic mass is 10.0. The van der Waals surface area contributed by atoms with E-state index < -0.39 is 0 Å². The zero-order valence-corrected chi connectivity index (χ0v) is 14.6. The van der Waals surface area contributed by atoms with Crippen LogP contribution in [0.25, 0.3) is 0 Å². The summed E-state index contributed by atoms with van der Waals surface area (Å²) in [4.78, 5) is 1.27. The lowest BCUT2D eigenvalue weighted by Crippen LogP contribution is -2.22. The molecule has 2 nitrogen and oxygen atoms in total. The first kappa shape index (κ1) is 15.8. The Morgan fingerprint density at radius 3 is 2.70 bits per heavy atom. The molecular formula is C15H17BrClNOS. The predicted molar refractivity (Wildman–Crippen MR) is 90.2 cm³/mol. The van der Waals surface area contributed by atoms with Gasteiger partial charge in [-0.2, -0.15) is 0 Å². The maximum Gasteiger partial charge on any atom is 0.137 e. The summed E-state index contributed by atoms with van der Waals surface area (Å²) in [6.07, 6.45) is 1.09. The average Bonchev–Trinajstić information content (AvgIpc) is 2.86. The van der Waals surface area contributed by atoms with Gasteiger partial charge in [0.2, 0.25) is 0 Å². The number of nitrogens with one attached hydrogen (secondary N) is 1. The van der Waals surface area contributed by atoms with E-state index in [0.29, 0.717) is 10.8 Å². The highest BCUT2D eigenvalue weighted by Crippen LogP contribution is 2.34. The summed E-state index contributed by atoms with van der Waals surface area (Å²) in [5.74, 6) is 0.706. The van der Waals surface area contributed by atoms with Gasteiger partial charge in [0, 0.05) is 4.88 Å². The summed E-state index contributed by atoms with van der Waals surface area (Å²) < 4.78 is 6.35.